The molecular formula is C22H29N5OS. The van der Waals surface area contributed by atoms with Crippen molar-refractivity contribution >= 4 is 23.1 Å². The van der Waals surface area contributed by atoms with Crippen molar-refractivity contribution in [2.24, 2.45) is 0 Å². The molecule has 29 heavy (non-hydrogen) atoms. The predicted octanol–water partition coefficient (Wildman–Crippen LogP) is 4.37. The fourth-order valence-corrected chi connectivity index (χ4v) is 3.85. The molecule has 0 aliphatic heterocycles. The van der Waals surface area contributed by atoms with E-state index in [4.69, 9.17) is 0 Å². The van der Waals surface area contributed by atoms with Crippen LogP contribution in [0.5, 0.6) is 0 Å². The van der Waals surface area contributed by atoms with Gasteiger partial charge in [0.25, 0.3) is 0 Å². The Kier molecular flexibility index (Phi) is 7.84. The molecule has 0 unspecified atom stereocenters. The van der Waals surface area contributed by atoms with Gasteiger partial charge in [-0.15, -0.1) is 11.3 Å². The molecule has 1 N–H and O–H groups in total. The molecule has 7 heteroatoms. The van der Waals surface area contributed by atoms with E-state index < -0.39 is 0 Å². The van der Waals surface area contributed by atoms with E-state index in [9.17, 15) is 4.79 Å². The van der Waals surface area contributed by atoms with Gasteiger partial charge in [-0.1, -0.05) is 32.0 Å². The Balaban J connectivity index is 1.61. The molecule has 2 amide bonds. The van der Waals surface area contributed by atoms with E-state index in [1.54, 1.807) is 23.9 Å². The number of nitrogens with zero attached hydrogens (tertiary/aromatic N) is 4. The molecule has 0 saturated heterocycles. The minimum absolute atomic E-state index is 0.0621. The van der Waals surface area contributed by atoms with Crippen molar-refractivity contribution in [2.45, 2.75) is 26.9 Å². The van der Waals surface area contributed by atoms with Crippen LogP contribution in [0.1, 0.15) is 24.3 Å². The Morgan fingerprint density at radius 1 is 1.14 bits per heavy atom. The normalized spacial score (nSPS) is 11.0. The number of rotatable bonds is 10. The first-order valence-corrected chi connectivity index (χ1v) is 10.9. The Labute approximate surface area is 176 Å². The lowest BCUT2D eigenvalue weighted by Crippen LogP contribution is -2.40. The smallest absolute Gasteiger partial charge is 0.322 e. The van der Waals surface area contributed by atoms with Crippen molar-refractivity contribution in [3.8, 4) is 0 Å². The fraction of sp³-hybridized carbons (Fsp3) is 0.364. The van der Waals surface area contributed by atoms with Crippen LogP contribution in [0.3, 0.4) is 0 Å². The molecule has 3 rings (SSSR count). The summed E-state index contributed by atoms with van der Waals surface area (Å²) in [6.07, 6.45) is 5.51. The lowest BCUT2D eigenvalue weighted by Gasteiger charge is -2.26. The summed E-state index contributed by atoms with van der Waals surface area (Å²) in [5.74, 6) is 0. The summed E-state index contributed by atoms with van der Waals surface area (Å²) in [6.45, 7) is 9.25. The van der Waals surface area contributed by atoms with Gasteiger partial charge in [0, 0.05) is 42.6 Å². The molecule has 0 fully saturated rings. The minimum atomic E-state index is -0.0621. The number of likely N-dealkylation sites (N-methyl/N-ethyl adjacent to an activating group) is 1. The lowest BCUT2D eigenvalue weighted by atomic mass is 10.2. The zero-order chi connectivity index (χ0) is 20.5. The van der Waals surface area contributed by atoms with Crippen LogP contribution in [-0.2, 0) is 13.1 Å². The van der Waals surface area contributed by atoms with Crippen molar-refractivity contribution in [3.63, 3.8) is 0 Å². The number of thiophene rings is 1. The van der Waals surface area contributed by atoms with E-state index in [0.29, 0.717) is 13.1 Å². The maximum atomic E-state index is 13.0. The fourth-order valence-electron chi connectivity index (χ4n) is 3.13. The zero-order valence-electron chi connectivity index (χ0n) is 17.1. The number of urea groups is 1. The van der Waals surface area contributed by atoms with Crippen molar-refractivity contribution in [1.29, 1.82) is 0 Å². The number of hydrogen-bond donors (Lipinski definition) is 1. The molecule has 0 aliphatic carbocycles. The highest BCUT2D eigenvalue weighted by molar-refractivity contribution is 7.09. The number of anilines is 1. The highest BCUT2D eigenvalue weighted by Crippen LogP contribution is 2.15. The topological polar surface area (TPSA) is 53.4 Å². The van der Waals surface area contributed by atoms with Crippen LogP contribution < -0.4 is 5.32 Å². The third-order valence-electron chi connectivity index (χ3n) is 4.92. The maximum absolute atomic E-state index is 13.0. The van der Waals surface area contributed by atoms with Gasteiger partial charge in [0.05, 0.1) is 12.9 Å². The zero-order valence-corrected chi connectivity index (χ0v) is 17.9. The van der Waals surface area contributed by atoms with Crippen molar-refractivity contribution in [3.05, 3.63) is 70.9 Å². The van der Waals surface area contributed by atoms with Gasteiger partial charge in [-0.2, -0.15) is 0 Å². The molecule has 0 spiro atoms. The number of benzene rings is 1. The van der Waals surface area contributed by atoms with E-state index in [1.165, 1.54) is 4.88 Å². The number of amides is 2. The highest BCUT2D eigenvalue weighted by atomic mass is 32.1. The number of hydrogen-bond acceptors (Lipinski definition) is 4. The first kappa shape index (κ1) is 21.1. The summed E-state index contributed by atoms with van der Waals surface area (Å²) in [7, 11) is 0. The average Bonchev–Trinajstić information content (AvgIpc) is 3.43. The summed E-state index contributed by atoms with van der Waals surface area (Å²) in [5.41, 5.74) is 1.97. The first-order chi connectivity index (χ1) is 14.2. The Hall–Kier alpha value is -2.64. The van der Waals surface area contributed by atoms with Gasteiger partial charge in [0.15, 0.2) is 0 Å². The third kappa shape index (κ3) is 6.44. The van der Waals surface area contributed by atoms with Crippen LogP contribution in [0.15, 0.2) is 60.5 Å². The molecule has 2 heterocycles. The summed E-state index contributed by atoms with van der Waals surface area (Å²) in [4.78, 5) is 22.4. The minimum Gasteiger partial charge on any atom is -0.333 e. The highest BCUT2D eigenvalue weighted by Gasteiger charge is 2.16. The molecule has 0 saturated carbocycles. The third-order valence-corrected chi connectivity index (χ3v) is 5.79. The molecule has 6 nitrogen and oxygen atoms in total. The van der Waals surface area contributed by atoms with Crippen LogP contribution in [0.4, 0.5) is 10.5 Å². The standard InChI is InChI=1S/C22H29N5OS/c1-3-25(4-2)13-14-27(17-21-6-5-15-29-21)22(28)24-20-9-7-19(8-10-20)16-26-12-11-23-18-26/h5-12,15,18H,3-4,13-14,16-17H2,1-2H3,(H,24,28). The molecule has 154 valence electrons. The number of carbonyl (C=O) groups excluding carboxylic acids is 1. The predicted molar refractivity (Wildman–Crippen MR) is 119 cm³/mol. The Bertz CT molecular complexity index is 842. The Morgan fingerprint density at radius 2 is 1.93 bits per heavy atom. The molecule has 0 aliphatic rings. The largest absolute Gasteiger partial charge is 0.333 e. The molecule has 0 atom stereocenters. The maximum Gasteiger partial charge on any atom is 0.322 e. The van der Waals surface area contributed by atoms with E-state index >= 15 is 0 Å². The van der Waals surface area contributed by atoms with Crippen LogP contribution in [0.25, 0.3) is 0 Å². The summed E-state index contributed by atoms with van der Waals surface area (Å²) in [5, 5.41) is 5.10. The molecule has 1 aromatic carbocycles. The van der Waals surface area contributed by atoms with Gasteiger partial charge in [-0.3, -0.25) is 0 Å². The quantitative estimate of drug-likeness (QED) is 0.539. The second-order valence-corrected chi connectivity index (χ2v) is 7.92. The van der Waals surface area contributed by atoms with Gasteiger partial charge < -0.3 is 19.7 Å². The summed E-state index contributed by atoms with van der Waals surface area (Å²) >= 11 is 1.68. The molecule has 2 aromatic heterocycles. The number of nitrogens with one attached hydrogen (secondary N) is 1. The van der Waals surface area contributed by atoms with E-state index in [-0.39, 0.29) is 6.03 Å². The summed E-state index contributed by atoms with van der Waals surface area (Å²) < 4.78 is 2.02. The van der Waals surface area contributed by atoms with Crippen LogP contribution in [0, 0.1) is 0 Å². The van der Waals surface area contributed by atoms with Crippen LogP contribution in [0.2, 0.25) is 0 Å². The van der Waals surface area contributed by atoms with Gasteiger partial charge in [-0.25, -0.2) is 9.78 Å². The monoisotopic (exact) mass is 411 g/mol. The van der Waals surface area contributed by atoms with Crippen molar-refractivity contribution in [1.82, 2.24) is 19.4 Å². The van der Waals surface area contributed by atoms with Crippen molar-refractivity contribution < 1.29 is 4.79 Å². The van der Waals surface area contributed by atoms with Gasteiger partial charge >= 0.3 is 6.03 Å². The van der Waals surface area contributed by atoms with E-state index in [2.05, 4.69) is 40.5 Å². The second-order valence-electron chi connectivity index (χ2n) is 6.89. The summed E-state index contributed by atoms with van der Waals surface area (Å²) in [6, 6.07) is 12.0. The molecule has 3 aromatic rings. The van der Waals surface area contributed by atoms with E-state index in [1.807, 2.05) is 46.0 Å². The van der Waals surface area contributed by atoms with Crippen molar-refractivity contribution in [2.75, 3.05) is 31.5 Å². The van der Waals surface area contributed by atoms with Crippen LogP contribution >= 0.6 is 11.3 Å². The first-order valence-electron chi connectivity index (χ1n) is 10.0. The number of carbonyl (C=O) groups is 1. The molecular weight excluding hydrogens is 382 g/mol. The molecule has 0 radical (unpaired) electrons. The Morgan fingerprint density at radius 3 is 2.55 bits per heavy atom. The van der Waals surface area contributed by atoms with Gasteiger partial charge in [0.1, 0.15) is 0 Å². The lowest BCUT2D eigenvalue weighted by molar-refractivity contribution is 0.195. The second kappa shape index (κ2) is 10.8. The SMILES string of the molecule is CCN(CC)CCN(Cc1cccs1)C(=O)Nc1ccc(Cn2ccnc2)cc1. The van der Waals surface area contributed by atoms with Gasteiger partial charge in [0.2, 0.25) is 0 Å². The molecule has 0 bridgehead atoms. The number of imidazole rings is 1. The average molecular weight is 412 g/mol. The van der Waals surface area contributed by atoms with Crippen LogP contribution in [-0.4, -0.2) is 51.6 Å². The van der Waals surface area contributed by atoms with Gasteiger partial charge in [-0.05, 0) is 42.2 Å². The number of aromatic nitrogens is 2. The van der Waals surface area contributed by atoms with E-state index in [0.717, 1.165) is 37.4 Å².